The minimum Gasteiger partial charge on any atom is -0.295 e. The van der Waals surface area contributed by atoms with Crippen LogP contribution in [0.1, 0.15) is 30.7 Å². The highest BCUT2D eigenvalue weighted by Gasteiger charge is 2.48. The molecule has 0 saturated carbocycles. The van der Waals surface area contributed by atoms with Gasteiger partial charge >= 0.3 is 5.91 Å². The summed E-state index contributed by atoms with van der Waals surface area (Å²) in [5.41, 5.74) is 2.11. The molecule has 1 aliphatic rings. The van der Waals surface area contributed by atoms with Crippen LogP contribution in [-0.4, -0.2) is 32.5 Å². The summed E-state index contributed by atoms with van der Waals surface area (Å²) in [5.74, 6) is -0.910. The molecule has 1 aliphatic heterocycles. The molecule has 0 aliphatic carbocycles. The molecule has 1 aromatic carbocycles. The Hall–Kier alpha value is -3.45. The average Bonchev–Trinajstić information content (AvgIpc) is 3.15. The van der Waals surface area contributed by atoms with Gasteiger partial charge in [-0.3, -0.25) is 24.4 Å². The molecule has 7 nitrogen and oxygen atoms in total. The van der Waals surface area contributed by atoms with Gasteiger partial charge in [0.15, 0.2) is 12.4 Å². The summed E-state index contributed by atoms with van der Waals surface area (Å²) in [7, 11) is 0. The van der Waals surface area contributed by atoms with Crippen molar-refractivity contribution in [2.75, 3.05) is 0 Å². The molecule has 31 heavy (non-hydrogen) atoms. The number of hydrogen-bond donors (Lipinski definition) is 1. The van der Waals surface area contributed by atoms with Gasteiger partial charge in [-0.2, -0.15) is 4.57 Å². The monoisotopic (exact) mass is 437 g/mol. The number of carbonyl (C=O) groups is 2. The van der Waals surface area contributed by atoms with Crippen LogP contribution in [0.3, 0.4) is 0 Å². The standard InChI is InChI=1S/C23H21ClN4O3/c1-13(2)27-21(29)19(20(23(27)31)26-11-9-14(3)10-12-26)18-15(4)25-28(22(18)30)17-7-5-16(24)6-8-17/h5-13H,1-4H3/p+1. The summed E-state index contributed by atoms with van der Waals surface area (Å²) in [4.78, 5) is 41.2. The van der Waals surface area contributed by atoms with Gasteiger partial charge in [0.2, 0.25) is 0 Å². The summed E-state index contributed by atoms with van der Waals surface area (Å²) in [6.07, 6.45) is 3.44. The lowest BCUT2D eigenvalue weighted by Gasteiger charge is -2.17. The molecule has 0 atom stereocenters. The van der Waals surface area contributed by atoms with Gasteiger partial charge in [0.05, 0.1) is 11.3 Å². The fourth-order valence-electron chi connectivity index (χ4n) is 3.73. The maximum atomic E-state index is 13.4. The zero-order valence-electron chi connectivity index (χ0n) is 17.6. The number of imide groups is 1. The predicted octanol–water partition coefficient (Wildman–Crippen LogP) is 2.87. The SMILES string of the molecule is Cc1cc[n+](C2=C(c3c(C)[nH]n(-c4ccc(Cl)cc4)c3=O)C(=O)N(C(C)C)C2=O)cc1. The molecule has 3 heterocycles. The Balaban J connectivity index is 1.98. The van der Waals surface area contributed by atoms with Crippen molar-refractivity contribution in [3.8, 4) is 5.69 Å². The van der Waals surface area contributed by atoms with Crippen molar-refractivity contribution >= 4 is 34.7 Å². The normalized spacial score (nSPS) is 14.3. The van der Waals surface area contributed by atoms with E-state index in [4.69, 9.17) is 11.6 Å². The second-order valence-electron chi connectivity index (χ2n) is 7.81. The van der Waals surface area contributed by atoms with E-state index < -0.39 is 17.4 Å². The van der Waals surface area contributed by atoms with E-state index in [0.29, 0.717) is 16.4 Å². The van der Waals surface area contributed by atoms with E-state index in [1.165, 1.54) is 9.58 Å². The van der Waals surface area contributed by atoms with Crippen LogP contribution in [0.15, 0.2) is 53.6 Å². The summed E-state index contributed by atoms with van der Waals surface area (Å²) in [5, 5.41) is 3.57. The van der Waals surface area contributed by atoms with Crippen molar-refractivity contribution in [2.45, 2.75) is 33.7 Å². The fraction of sp³-hybridized carbons (Fsp3) is 0.217. The highest BCUT2D eigenvalue weighted by Crippen LogP contribution is 2.31. The van der Waals surface area contributed by atoms with Crippen molar-refractivity contribution in [2.24, 2.45) is 0 Å². The number of H-pyrrole nitrogens is 1. The van der Waals surface area contributed by atoms with Gasteiger partial charge in [-0.05, 0) is 57.5 Å². The van der Waals surface area contributed by atoms with Crippen LogP contribution in [-0.2, 0) is 9.59 Å². The van der Waals surface area contributed by atoms with Crippen LogP contribution in [0.2, 0.25) is 5.02 Å². The Kier molecular flexibility index (Phi) is 5.15. The van der Waals surface area contributed by atoms with Crippen LogP contribution in [0.25, 0.3) is 17.0 Å². The summed E-state index contributed by atoms with van der Waals surface area (Å²) in [6.45, 7) is 7.18. The molecule has 0 radical (unpaired) electrons. The number of benzene rings is 1. The average molecular weight is 438 g/mol. The number of pyridine rings is 1. The van der Waals surface area contributed by atoms with Gasteiger partial charge in [0.25, 0.3) is 17.2 Å². The van der Waals surface area contributed by atoms with Crippen molar-refractivity contribution in [1.82, 2.24) is 14.7 Å². The van der Waals surface area contributed by atoms with Crippen molar-refractivity contribution in [3.05, 3.63) is 81.0 Å². The third-order valence-corrected chi connectivity index (χ3v) is 5.52. The topological polar surface area (TPSA) is 79.1 Å². The lowest BCUT2D eigenvalue weighted by Crippen LogP contribution is -2.42. The van der Waals surface area contributed by atoms with Gasteiger partial charge in [-0.25, -0.2) is 4.68 Å². The Bertz CT molecular complexity index is 1280. The number of hydrogen-bond acceptors (Lipinski definition) is 3. The smallest absolute Gasteiger partial charge is 0.295 e. The molecule has 0 unspecified atom stereocenters. The zero-order chi connectivity index (χ0) is 22.4. The maximum Gasteiger partial charge on any atom is 0.327 e. The number of aryl methyl sites for hydroxylation is 2. The minimum absolute atomic E-state index is 0.0963. The van der Waals surface area contributed by atoms with Crippen LogP contribution in [0.4, 0.5) is 0 Å². The van der Waals surface area contributed by atoms with E-state index >= 15 is 0 Å². The summed E-state index contributed by atoms with van der Waals surface area (Å²) in [6, 6.07) is 10.1. The largest absolute Gasteiger partial charge is 0.327 e. The lowest BCUT2D eigenvalue weighted by molar-refractivity contribution is -0.577. The molecule has 0 saturated heterocycles. The van der Waals surface area contributed by atoms with E-state index in [1.54, 1.807) is 62.0 Å². The number of aromatic nitrogens is 3. The van der Waals surface area contributed by atoms with Crippen molar-refractivity contribution in [1.29, 1.82) is 0 Å². The van der Waals surface area contributed by atoms with E-state index in [0.717, 1.165) is 5.56 Å². The third kappa shape index (κ3) is 3.41. The predicted molar refractivity (Wildman–Crippen MR) is 118 cm³/mol. The summed E-state index contributed by atoms with van der Waals surface area (Å²) < 4.78 is 2.95. The maximum absolute atomic E-state index is 13.4. The first-order valence-corrected chi connectivity index (χ1v) is 10.3. The van der Waals surface area contributed by atoms with Crippen LogP contribution in [0, 0.1) is 13.8 Å². The molecule has 2 amide bonds. The van der Waals surface area contributed by atoms with Crippen LogP contribution >= 0.6 is 11.6 Å². The van der Waals surface area contributed by atoms with Gasteiger partial charge in [0, 0.05) is 28.9 Å². The number of nitrogens with one attached hydrogen (secondary N) is 1. The molecular formula is C23H22ClN4O3+. The Morgan fingerprint density at radius 1 is 0.935 bits per heavy atom. The Labute approximate surface area is 184 Å². The molecule has 0 fully saturated rings. The van der Waals surface area contributed by atoms with E-state index in [1.807, 2.05) is 19.1 Å². The molecule has 3 aromatic rings. The number of halogens is 1. The van der Waals surface area contributed by atoms with Crippen LogP contribution in [0.5, 0.6) is 0 Å². The molecule has 158 valence electrons. The van der Waals surface area contributed by atoms with E-state index in [9.17, 15) is 14.4 Å². The molecule has 0 spiro atoms. The number of rotatable bonds is 4. The molecule has 4 rings (SSSR count). The molecular weight excluding hydrogens is 416 g/mol. The van der Waals surface area contributed by atoms with Crippen molar-refractivity contribution < 1.29 is 14.2 Å². The quantitative estimate of drug-likeness (QED) is 0.503. The number of amides is 2. The number of aromatic amines is 1. The number of nitrogens with zero attached hydrogens (tertiary/aromatic N) is 3. The summed E-state index contributed by atoms with van der Waals surface area (Å²) >= 11 is 5.96. The molecule has 8 heteroatoms. The molecule has 0 bridgehead atoms. The molecule has 1 N–H and O–H groups in total. The van der Waals surface area contributed by atoms with Crippen molar-refractivity contribution in [3.63, 3.8) is 0 Å². The van der Waals surface area contributed by atoms with Gasteiger partial charge in [-0.1, -0.05) is 11.6 Å². The fourth-order valence-corrected chi connectivity index (χ4v) is 3.86. The van der Waals surface area contributed by atoms with E-state index in [-0.39, 0.29) is 22.9 Å². The lowest BCUT2D eigenvalue weighted by atomic mass is 10.1. The highest BCUT2D eigenvalue weighted by molar-refractivity contribution is 6.44. The minimum atomic E-state index is -0.481. The first-order chi connectivity index (χ1) is 14.7. The zero-order valence-corrected chi connectivity index (χ0v) is 18.4. The number of carbonyl (C=O) groups excluding carboxylic acids is 2. The first kappa shape index (κ1) is 20.8. The van der Waals surface area contributed by atoms with E-state index in [2.05, 4.69) is 5.10 Å². The second-order valence-corrected chi connectivity index (χ2v) is 8.25. The van der Waals surface area contributed by atoms with Gasteiger partial charge in [-0.15, -0.1) is 0 Å². The van der Waals surface area contributed by atoms with Gasteiger partial charge < -0.3 is 0 Å². The Morgan fingerprint density at radius 3 is 2.13 bits per heavy atom. The third-order valence-electron chi connectivity index (χ3n) is 5.27. The highest BCUT2D eigenvalue weighted by atomic mass is 35.5. The first-order valence-electron chi connectivity index (χ1n) is 9.89. The van der Waals surface area contributed by atoms with Gasteiger partial charge in [0.1, 0.15) is 5.57 Å². The molecule has 2 aromatic heterocycles. The Morgan fingerprint density at radius 2 is 1.55 bits per heavy atom. The van der Waals surface area contributed by atoms with Crippen LogP contribution < -0.4 is 10.1 Å². The second kappa shape index (κ2) is 7.67.